The van der Waals surface area contributed by atoms with Gasteiger partial charge in [0.15, 0.2) is 0 Å². The van der Waals surface area contributed by atoms with Crippen molar-refractivity contribution in [3.05, 3.63) is 29.3 Å². The van der Waals surface area contributed by atoms with Crippen molar-refractivity contribution in [3.8, 4) is 5.75 Å². The molecule has 0 bridgehead atoms. The average Bonchev–Trinajstić information content (AvgIpc) is 2.28. The number of ether oxygens (including phenoxy) is 1. The standard InChI is InChI=1S/C13H19NO/c1-13(2,9-14)11-7-3-5-10-6-4-8-15-12(10)11/h3,5,7H,4,6,8-9,14H2,1-2H3. The van der Waals surface area contributed by atoms with Crippen LogP contribution in [0.2, 0.25) is 0 Å². The fourth-order valence-electron chi connectivity index (χ4n) is 2.03. The van der Waals surface area contributed by atoms with Crippen LogP contribution >= 0.6 is 0 Å². The van der Waals surface area contributed by atoms with Crippen LogP contribution in [0.3, 0.4) is 0 Å². The van der Waals surface area contributed by atoms with E-state index in [1.807, 2.05) is 0 Å². The Morgan fingerprint density at radius 1 is 1.40 bits per heavy atom. The zero-order valence-corrected chi connectivity index (χ0v) is 9.55. The van der Waals surface area contributed by atoms with E-state index in [4.69, 9.17) is 10.5 Å². The van der Waals surface area contributed by atoms with E-state index in [0.717, 1.165) is 25.2 Å². The molecule has 0 unspecified atom stereocenters. The Morgan fingerprint density at radius 3 is 2.93 bits per heavy atom. The molecule has 0 fully saturated rings. The fourth-order valence-corrected chi connectivity index (χ4v) is 2.03. The van der Waals surface area contributed by atoms with Crippen LogP contribution in [0, 0.1) is 0 Å². The molecular weight excluding hydrogens is 186 g/mol. The van der Waals surface area contributed by atoms with Crippen LogP contribution in [0.1, 0.15) is 31.4 Å². The first-order valence-corrected chi connectivity index (χ1v) is 5.60. The highest BCUT2D eigenvalue weighted by Crippen LogP contribution is 2.36. The summed E-state index contributed by atoms with van der Waals surface area (Å²) < 4.78 is 5.79. The average molecular weight is 205 g/mol. The summed E-state index contributed by atoms with van der Waals surface area (Å²) >= 11 is 0. The Balaban J connectivity index is 2.48. The maximum absolute atomic E-state index is 5.82. The van der Waals surface area contributed by atoms with E-state index in [-0.39, 0.29) is 5.41 Å². The SMILES string of the molecule is CC(C)(CN)c1cccc2c1OCCC2. The Bertz CT molecular complexity index is 358. The minimum Gasteiger partial charge on any atom is -0.493 e. The Morgan fingerprint density at radius 2 is 2.20 bits per heavy atom. The van der Waals surface area contributed by atoms with Crippen molar-refractivity contribution < 1.29 is 4.74 Å². The summed E-state index contributed by atoms with van der Waals surface area (Å²) in [6.45, 7) is 5.82. The summed E-state index contributed by atoms with van der Waals surface area (Å²) in [4.78, 5) is 0. The van der Waals surface area contributed by atoms with Crippen molar-refractivity contribution in [2.45, 2.75) is 32.1 Å². The van der Waals surface area contributed by atoms with Gasteiger partial charge >= 0.3 is 0 Å². The molecule has 1 heterocycles. The smallest absolute Gasteiger partial charge is 0.126 e. The van der Waals surface area contributed by atoms with Crippen LogP contribution in [0.5, 0.6) is 5.75 Å². The Hall–Kier alpha value is -1.02. The first kappa shape index (κ1) is 10.5. The lowest BCUT2D eigenvalue weighted by molar-refractivity contribution is 0.279. The molecule has 0 aliphatic carbocycles. The number of hydrogen-bond donors (Lipinski definition) is 1. The minimum absolute atomic E-state index is 0.00266. The van der Waals surface area contributed by atoms with Crippen LogP contribution in [0.15, 0.2) is 18.2 Å². The van der Waals surface area contributed by atoms with E-state index in [9.17, 15) is 0 Å². The van der Waals surface area contributed by atoms with Crippen LogP contribution in [0.25, 0.3) is 0 Å². The molecular formula is C13H19NO. The molecule has 0 saturated carbocycles. The summed E-state index contributed by atoms with van der Waals surface area (Å²) in [5, 5.41) is 0. The van der Waals surface area contributed by atoms with E-state index in [1.54, 1.807) is 0 Å². The molecule has 0 radical (unpaired) electrons. The van der Waals surface area contributed by atoms with Gasteiger partial charge in [-0.3, -0.25) is 0 Å². The number of hydrogen-bond acceptors (Lipinski definition) is 2. The van der Waals surface area contributed by atoms with E-state index in [1.165, 1.54) is 11.1 Å². The topological polar surface area (TPSA) is 35.2 Å². The van der Waals surface area contributed by atoms with E-state index in [0.29, 0.717) is 6.54 Å². The van der Waals surface area contributed by atoms with Gasteiger partial charge in [0.25, 0.3) is 0 Å². The lowest BCUT2D eigenvalue weighted by Gasteiger charge is -2.29. The molecule has 0 saturated heterocycles. The molecule has 2 N–H and O–H groups in total. The van der Waals surface area contributed by atoms with Crippen LogP contribution in [-0.2, 0) is 11.8 Å². The van der Waals surface area contributed by atoms with Crippen molar-refractivity contribution >= 4 is 0 Å². The number of rotatable bonds is 2. The normalized spacial score (nSPS) is 15.7. The van der Waals surface area contributed by atoms with Gasteiger partial charge in [-0.2, -0.15) is 0 Å². The zero-order chi connectivity index (χ0) is 10.9. The van der Waals surface area contributed by atoms with Gasteiger partial charge in [-0.25, -0.2) is 0 Å². The van der Waals surface area contributed by atoms with Crippen molar-refractivity contribution in [3.63, 3.8) is 0 Å². The predicted molar refractivity (Wildman–Crippen MR) is 62.3 cm³/mol. The molecule has 0 spiro atoms. The van der Waals surface area contributed by atoms with Gasteiger partial charge in [-0.05, 0) is 18.4 Å². The fraction of sp³-hybridized carbons (Fsp3) is 0.538. The number of aryl methyl sites for hydroxylation is 1. The first-order valence-electron chi connectivity index (χ1n) is 5.60. The summed E-state index contributed by atoms with van der Waals surface area (Å²) in [7, 11) is 0. The van der Waals surface area contributed by atoms with Gasteiger partial charge < -0.3 is 10.5 Å². The van der Waals surface area contributed by atoms with Gasteiger partial charge in [0.05, 0.1) is 6.61 Å². The number of para-hydroxylation sites is 1. The lowest BCUT2D eigenvalue weighted by Crippen LogP contribution is -2.29. The van der Waals surface area contributed by atoms with Crippen LogP contribution in [0.4, 0.5) is 0 Å². The van der Waals surface area contributed by atoms with E-state index >= 15 is 0 Å². The van der Waals surface area contributed by atoms with Gasteiger partial charge in [0.2, 0.25) is 0 Å². The maximum atomic E-state index is 5.82. The third kappa shape index (κ3) is 1.86. The molecule has 82 valence electrons. The lowest BCUT2D eigenvalue weighted by atomic mass is 9.82. The molecule has 2 rings (SSSR count). The van der Waals surface area contributed by atoms with Gasteiger partial charge in [0.1, 0.15) is 5.75 Å². The summed E-state index contributed by atoms with van der Waals surface area (Å²) in [5.74, 6) is 1.08. The molecule has 2 nitrogen and oxygen atoms in total. The zero-order valence-electron chi connectivity index (χ0n) is 9.55. The quantitative estimate of drug-likeness (QED) is 0.803. The summed E-state index contributed by atoms with van der Waals surface area (Å²) in [5.41, 5.74) is 8.40. The molecule has 2 heteroatoms. The second kappa shape index (κ2) is 3.86. The number of nitrogens with two attached hydrogens (primary N) is 1. The maximum Gasteiger partial charge on any atom is 0.126 e. The third-order valence-electron chi connectivity index (χ3n) is 3.17. The van der Waals surface area contributed by atoms with E-state index < -0.39 is 0 Å². The molecule has 0 aromatic heterocycles. The highest BCUT2D eigenvalue weighted by Gasteiger charge is 2.25. The Labute approximate surface area is 91.4 Å². The monoisotopic (exact) mass is 205 g/mol. The molecule has 1 aromatic carbocycles. The van der Waals surface area contributed by atoms with E-state index in [2.05, 4.69) is 32.0 Å². The second-order valence-electron chi connectivity index (χ2n) is 4.83. The molecule has 0 amide bonds. The Kier molecular flexibility index (Phi) is 2.70. The first-order chi connectivity index (χ1) is 7.15. The van der Waals surface area contributed by atoms with Crippen molar-refractivity contribution in [1.29, 1.82) is 0 Å². The second-order valence-corrected chi connectivity index (χ2v) is 4.83. The predicted octanol–water partition coefficient (Wildman–Crippen LogP) is 2.25. The summed E-state index contributed by atoms with van der Waals surface area (Å²) in [6.07, 6.45) is 2.25. The number of benzene rings is 1. The van der Waals surface area contributed by atoms with Crippen LogP contribution < -0.4 is 10.5 Å². The van der Waals surface area contributed by atoms with Crippen molar-refractivity contribution in [2.24, 2.45) is 5.73 Å². The molecule has 0 atom stereocenters. The number of fused-ring (bicyclic) bond motifs is 1. The third-order valence-corrected chi connectivity index (χ3v) is 3.17. The van der Waals surface area contributed by atoms with Crippen molar-refractivity contribution in [1.82, 2.24) is 0 Å². The van der Waals surface area contributed by atoms with Crippen LogP contribution in [-0.4, -0.2) is 13.2 Å². The van der Waals surface area contributed by atoms with Gasteiger partial charge in [-0.1, -0.05) is 32.0 Å². The molecule has 1 aliphatic heterocycles. The highest BCUT2D eigenvalue weighted by atomic mass is 16.5. The minimum atomic E-state index is 0.00266. The largest absolute Gasteiger partial charge is 0.493 e. The van der Waals surface area contributed by atoms with Crippen molar-refractivity contribution in [2.75, 3.05) is 13.2 Å². The van der Waals surface area contributed by atoms with Gasteiger partial charge in [0, 0.05) is 17.5 Å². The summed E-state index contributed by atoms with van der Waals surface area (Å²) in [6, 6.07) is 6.40. The van der Waals surface area contributed by atoms with Gasteiger partial charge in [-0.15, -0.1) is 0 Å². The molecule has 15 heavy (non-hydrogen) atoms. The molecule has 1 aliphatic rings. The highest BCUT2D eigenvalue weighted by molar-refractivity contribution is 5.46. The molecule has 1 aromatic rings.